The molecule has 0 saturated carbocycles. The number of rotatable bonds is 4. The van der Waals surface area contributed by atoms with Gasteiger partial charge in [0, 0.05) is 17.8 Å². The van der Waals surface area contributed by atoms with Crippen molar-refractivity contribution < 1.29 is 14.6 Å². The first kappa shape index (κ1) is 15.0. The van der Waals surface area contributed by atoms with E-state index >= 15 is 0 Å². The summed E-state index contributed by atoms with van der Waals surface area (Å²) in [5.74, 6) is -0.468. The Balaban J connectivity index is 2.36. The van der Waals surface area contributed by atoms with E-state index in [4.69, 9.17) is 0 Å². The lowest BCUT2D eigenvalue weighted by Gasteiger charge is -2.05. The van der Waals surface area contributed by atoms with Crippen LogP contribution in [-0.2, 0) is 0 Å². The Kier molecular flexibility index (Phi) is 4.07. The second kappa shape index (κ2) is 5.95. The molecule has 1 heterocycles. The Bertz CT molecular complexity index is 743. The molecule has 1 amide bonds. The first-order chi connectivity index (χ1) is 10.4. The number of anilines is 1. The maximum atomic E-state index is 12.1. The van der Waals surface area contributed by atoms with Crippen molar-refractivity contribution in [2.75, 3.05) is 5.32 Å². The largest absolute Gasteiger partial charge is 0.307 e. The summed E-state index contributed by atoms with van der Waals surface area (Å²) in [5, 5.41) is 24.0. The summed E-state index contributed by atoms with van der Waals surface area (Å²) in [6.45, 7) is 1.73. The molecule has 0 saturated heterocycles. The molecule has 2 aromatic rings. The summed E-state index contributed by atoms with van der Waals surface area (Å²) in [6.07, 6.45) is 0. The van der Waals surface area contributed by atoms with E-state index < -0.39 is 27.1 Å². The number of non-ortho nitro benzene ring substituents is 2. The highest BCUT2D eigenvalue weighted by Gasteiger charge is 2.20. The van der Waals surface area contributed by atoms with Gasteiger partial charge in [0.1, 0.15) is 5.82 Å². The summed E-state index contributed by atoms with van der Waals surface area (Å²) >= 11 is 0. The van der Waals surface area contributed by atoms with Crippen molar-refractivity contribution in [2.45, 2.75) is 6.92 Å². The van der Waals surface area contributed by atoms with Crippen LogP contribution >= 0.6 is 0 Å². The van der Waals surface area contributed by atoms with Crippen LogP contribution in [0.25, 0.3) is 0 Å². The number of nitrogens with one attached hydrogen (secondary N) is 1. The first-order valence-corrected chi connectivity index (χ1v) is 6.05. The second-order valence-electron chi connectivity index (χ2n) is 4.37. The van der Waals surface area contributed by atoms with Gasteiger partial charge in [-0.3, -0.25) is 25.0 Å². The summed E-state index contributed by atoms with van der Waals surface area (Å²) < 4.78 is 0. The molecule has 0 atom stereocenters. The minimum Gasteiger partial charge on any atom is -0.307 e. The quantitative estimate of drug-likeness (QED) is 0.682. The number of nitro groups is 2. The van der Waals surface area contributed by atoms with E-state index in [2.05, 4.69) is 10.3 Å². The molecule has 1 aromatic heterocycles. The van der Waals surface area contributed by atoms with Crippen molar-refractivity contribution in [3.63, 3.8) is 0 Å². The van der Waals surface area contributed by atoms with Gasteiger partial charge in [-0.25, -0.2) is 4.98 Å². The summed E-state index contributed by atoms with van der Waals surface area (Å²) in [7, 11) is 0. The van der Waals surface area contributed by atoms with Crippen molar-refractivity contribution in [1.29, 1.82) is 0 Å². The minimum absolute atomic E-state index is 0.191. The number of carbonyl (C=O) groups excluding carboxylic acids is 1. The van der Waals surface area contributed by atoms with E-state index in [1.165, 1.54) is 6.07 Å². The molecular formula is C13H10N4O5. The monoisotopic (exact) mass is 302 g/mol. The molecular weight excluding hydrogens is 292 g/mol. The number of hydrogen-bond acceptors (Lipinski definition) is 6. The maximum Gasteiger partial charge on any atom is 0.277 e. The lowest BCUT2D eigenvalue weighted by atomic mass is 10.1. The molecule has 0 aliphatic carbocycles. The Morgan fingerprint density at radius 3 is 2.18 bits per heavy atom. The number of aromatic nitrogens is 1. The van der Waals surface area contributed by atoms with Crippen molar-refractivity contribution >= 4 is 23.1 Å². The fourth-order valence-corrected chi connectivity index (χ4v) is 1.74. The Hall–Kier alpha value is -3.36. The van der Waals surface area contributed by atoms with Crippen LogP contribution in [0.5, 0.6) is 0 Å². The number of hydrogen-bond donors (Lipinski definition) is 1. The average Bonchev–Trinajstić information content (AvgIpc) is 2.46. The SMILES string of the molecule is Cc1cccc(NC(=O)c2cc([N+](=O)[O-])cc([N+](=O)[O-])c2)n1. The normalized spacial score (nSPS) is 10.0. The molecule has 0 fully saturated rings. The number of carbonyl (C=O) groups is 1. The van der Waals surface area contributed by atoms with E-state index in [1.807, 2.05) is 0 Å². The Morgan fingerprint density at radius 1 is 1.09 bits per heavy atom. The molecule has 9 nitrogen and oxygen atoms in total. The third-order valence-corrected chi connectivity index (χ3v) is 2.72. The number of amides is 1. The van der Waals surface area contributed by atoms with Gasteiger partial charge >= 0.3 is 0 Å². The van der Waals surface area contributed by atoms with Gasteiger partial charge in [0.15, 0.2) is 0 Å². The Morgan fingerprint density at radius 2 is 1.68 bits per heavy atom. The molecule has 112 valence electrons. The second-order valence-corrected chi connectivity index (χ2v) is 4.37. The first-order valence-electron chi connectivity index (χ1n) is 6.05. The van der Waals surface area contributed by atoms with Crippen LogP contribution in [0, 0.1) is 27.2 Å². The smallest absolute Gasteiger partial charge is 0.277 e. The molecule has 1 aromatic carbocycles. The summed E-state index contributed by atoms with van der Waals surface area (Å²) in [6, 6.07) is 7.68. The molecule has 2 rings (SSSR count). The molecule has 0 aliphatic rings. The van der Waals surface area contributed by atoms with Gasteiger partial charge < -0.3 is 5.32 Å². The fraction of sp³-hybridized carbons (Fsp3) is 0.0769. The predicted molar refractivity (Wildman–Crippen MR) is 76.7 cm³/mol. The number of pyridine rings is 1. The van der Waals surface area contributed by atoms with Crippen LogP contribution in [0.2, 0.25) is 0 Å². The highest BCUT2D eigenvalue weighted by Crippen LogP contribution is 2.23. The highest BCUT2D eigenvalue weighted by atomic mass is 16.6. The lowest BCUT2D eigenvalue weighted by molar-refractivity contribution is -0.394. The van der Waals surface area contributed by atoms with Crippen LogP contribution in [0.4, 0.5) is 17.2 Å². The van der Waals surface area contributed by atoms with Crippen LogP contribution in [0.3, 0.4) is 0 Å². The van der Waals surface area contributed by atoms with Crippen LogP contribution in [0.1, 0.15) is 16.1 Å². The topological polar surface area (TPSA) is 128 Å². The zero-order valence-corrected chi connectivity index (χ0v) is 11.3. The summed E-state index contributed by atoms with van der Waals surface area (Å²) in [5.41, 5.74) is -0.583. The van der Waals surface area contributed by atoms with E-state index in [1.54, 1.807) is 19.1 Å². The number of benzene rings is 1. The van der Waals surface area contributed by atoms with Crippen LogP contribution in [-0.4, -0.2) is 20.7 Å². The van der Waals surface area contributed by atoms with Crippen molar-refractivity contribution in [1.82, 2.24) is 4.98 Å². The van der Waals surface area contributed by atoms with Gasteiger partial charge in [0.05, 0.1) is 21.5 Å². The fourth-order valence-electron chi connectivity index (χ4n) is 1.74. The van der Waals surface area contributed by atoms with Crippen molar-refractivity contribution in [3.05, 3.63) is 67.9 Å². The molecule has 1 N–H and O–H groups in total. The molecule has 0 bridgehead atoms. The zero-order valence-electron chi connectivity index (χ0n) is 11.3. The Labute approximate surface area is 123 Å². The van der Waals surface area contributed by atoms with Gasteiger partial charge in [-0.15, -0.1) is 0 Å². The molecule has 0 aliphatic heterocycles. The van der Waals surface area contributed by atoms with Gasteiger partial charge in [-0.05, 0) is 19.1 Å². The molecule has 0 radical (unpaired) electrons. The van der Waals surface area contributed by atoms with Gasteiger partial charge in [0.25, 0.3) is 17.3 Å². The highest BCUT2D eigenvalue weighted by molar-refractivity contribution is 6.04. The maximum absolute atomic E-state index is 12.1. The standard InChI is InChI=1S/C13H10N4O5/c1-8-3-2-4-12(14-8)15-13(18)9-5-10(16(19)20)7-11(6-9)17(21)22/h2-7H,1H3,(H,14,15,18). The third-order valence-electron chi connectivity index (χ3n) is 2.72. The minimum atomic E-state index is -0.797. The average molecular weight is 302 g/mol. The van der Waals surface area contributed by atoms with Crippen molar-refractivity contribution in [3.8, 4) is 0 Å². The van der Waals surface area contributed by atoms with Gasteiger partial charge in [-0.2, -0.15) is 0 Å². The number of nitro benzene ring substituents is 2. The summed E-state index contributed by atoms with van der Waals surface area (Å²) in [4.78, 5) is 36.1. The lowest BCUT2D eigenvalue weighted by Crippen LogP contribution is -2.13. The number of aryl methyl sites for hydroxylation is 1. The molecule has 0 unspecified atom stereocenters. The molecule has 9 heteroatoms. The van der Waals surface area contributed by atoms with Crippen LogP contribution in [0.15, 0.2) is 36.4 Å². The van der Waals surface area contributed by atoms with E-state index in [-0.39, 0.29) is 11.4 Å². The molecule has 22 heavy (non-hydrogen) atoms. The van der Waals surface area contributed by atoms with E-state index in [9.17, 15) is 25.0 Å². The van der Waals surface area contributed by atoms with Crippen molar-refractivity contribution in [2.24, 2.45) is 0 Å². The number of nitrogens with zero attached hydrogens (tertiary/aromatic N) is 3. The predicted octanol–water partition coefficient (Wildman–Crippen LogP) is 2.46. The zero-order chi connectivity index (χ0) is 16.3. The molecule has 0 spiro atoms. The third kappa shape index (κ3) is 3.39. The van der Waals surface area contributed by atoms with Crippen LogP contribution < -0.4 is 5.32 Å². The van der Waals surface area contributed by atoms with E-state index in [0.717, 1.165) is 18.2 Å². The van der Waals surface area contributed by atoms with Gasteiger partial charge in [0.2, 0.25) is 0 Å². The van der Waals surface area contributed by atoms with E-state index in [0.29, 0.717) is 5.69 Å². The van der Waals surface area contributed by atoms with Gasteiger partial charge in [-0.1, -0.05) is 6.07 Å².